The molecule has 0 saturated carbocycles. The Morgan fingerprint density at radius 1 is 1.47 bits per heavy atom. The molecule has 0 fully saturated rings. The van der Waals surface area contributed by atoms with E-state index in [-0.39, 0.29) is 18.5 Å². The van der Waals surface area contributed by atoms with Crippen molar-refractivity contribution < 1.29 is 9.53 Å². The molecule has 1 aromatic rings. The van der Waals surface area contributed by atoms with Gasteiger partial charge in [0, 0.05) is 18.9 Å². The highest BCUT2D eigenvalue weighted by molar-refractivity contribution is 5.77. The maximum atomic E-state index is 11.2. The molecule has 0 saturated heterocycles. The molecule has 1 aromatic heterocycles. The first-order chi connectivity index (χ1) is 7.33. The Bertz CT molecular complexity index is 290. The van der Waals surface area contributed by atoms with Crippen LogP contribution in [0.1, 0.15) is 19.8 Å². The number of amides is 1. The zero-order chi connectivity index (χ0) is 10.9. The number of nitrogens with one attached hydrogen (secondary N) is 1. The van der Waals surface area contributed by atoms with E-state index in [1.165, 1.54) is 0 Å². The Morgan fingerprint density at radius 3 is 2.87 bits per heavy atom. The third-order valence-corrected chi connectivity index (χ3v) is 1.73. The minimum absolute atomic E-state index is 0.0340. The summed E-state index contributed by atoms with van der Waals surface area (Å²) >= 11 is 0. The van der Waals surface area contributed by atoms with Gasteiger partial charge >= 0.3 is 6.01 Å². The van der Waals surface area contributed by atoms with E-state index in [0.29, 0.717) is 6.54 Å². The van der Waals surface area contributed by atoms with Crippen molar-refractivity contribution in [2.24, 2.45) is 0 Å². The van der Waals surface area contributed by atoms with Gasteiger partial charge in [0.1, 0.15) is 0 Å². The van der Waals surface area contributed by atoms with E-state index in [1.54, 1.807) is 18.5 Å². The number of hydrogen-bond donors (Lipinski definition) is 1. The van der Waals surface area contributed by atoms with Crippen molar-refractivity contribution >= 4 is 5.91 Å². The van der Waals surface area contributed by atoms with Crippen LogP contribution < -0.4 is 10.1 Å². The van der Waals surface area contributed by atoms with Gasteiger partial charge in [-0.3, -0.25) is 4.79 Å². The first-order valence-corrected chi connectivity index (χ1v) is 4.99. The number of ether oxygens (including phenoxy) is 1. The summed E-state index contributed by atoms with van der Waals surface area (Å²) < 4.78 is 5.06. The molecule has 0 spiro atoms. The summed E-state index contributed by atoms with van der Waals surface area (Å²) in [4.78, 5) is 18.9. The van der Waals surface area contributed by atoms with E-state index in [0.717, 1.165) is 12.8 Å². The zero-order valence-electron chi connectivity index (χ0n) is 8.77. The van der Waals surface area contributed by atoms with Gasteiger partial charge in [-0.1, -0.05) is 13.3 Å². The quantitative estimate of drug-likeness (QED) is 0.703. The van der Waals surface area contributed by atoms with Gasteiger partial charge in [0.05, 0.1) is 0 Å². The lowest BCUT2D eigenvalue weighted by Gasteiger charge is -2.04. The smallest absolute Gasteiger partial charge is 0.316 e. The van der Waals surface area contributed by atoms with Crippen LogP contribution in [0.2, 0.25) is 0 Å². The number of nitrogens with zero attached hydrogens (tertiary/aromatic N) is 2. The van der Waals surface area contributed by atoms with E-state index in [4.69, 9.17) is 4.74 Å². The molecule has 0 unspecified atom stereocenters. The number of rotatable bonds is 6. The molecule has 0 aromatic carbocycles. The summed E-state index contributed by atoms with van der Waals surface area (Å²) in [6, 6.07) is 1.91. The van der Waals surface area contributed by atoms with Gasteiger partial charge in [0.25, 0.3) is 5.91 Å². The summed E-state index contributed by atoms with van der Waals surface area (Å²) in [7, 11) is 0. The molecule has 0 aliphatic carbocycles. The predicted octanol–water partition coefficient (Wildman–Crippen LogP) is 0.772. The molecular weight excluding hydrogens is 194 g/mol. The normalized spacial score (nSPS) is 9.67. The number of unbranched alkanes of at least 4 members (excludes halogenated alkanes) is 1. The Hall–Kier alpha value is -1.65. The Balaban J connectivity index is 2.17. The minimum Gasteiger partial charge on any atom is -0.453 e. The number of aromatic nitrogens is 2. The van der Waals surface area contributed by atoms with Gasteiger partial charge < -0.3 is 10.1 Å². The molecule has 15 heavy (non-hydrogen) atoms. The van der Waals surface area contributed by atoms with Gasteiger partial charge in [-0.2, -0.15) is 0 Å². The fraction of sp³-hybridized carbons (Fsp3) is 0.500. The standard InChI is InChI=1S/C10H15N3O2/c1-2-3-5-11-9(14)8-15-10-12-6-4-7-13-10/h4,6-7H,2-3,5,8H2,1H3,(H,11,14). The Morgan fingerprint density at radius 2 is 2.20 bits per heavy atom. The van der Waals surface area contributed by atoms with Crippen molar-refractivity contribution in [3.63, 3.8) is 0 Å². The summed E-state index contributed by atoms with van der Waals surface area (Å²) in [6.07, 6.45) is 5.17. The van der Waals surface area contributed by atoms with Crippen molar-refractivity contribution in [3.8, 4) is 6.01 Å². The fourth-order valence-electron chi connectivity index (χ4n) is 0.946. The molecule has 0 bridgehead atoms. The molecule has 0 aliphatic rings. The molecule has 1 N–H and O–H groups in total. The predicted molar refractivity (Wildman–Crippen MR) is 55.4 cm³/mol. The monoisotopic (exact) mass is 209 g/mol. The van der Waals surface area contributed by atoms with Gasteiger partial charge in [0.2, 0.25) is 0 Å². The summed E-state index contributed by atoms with van der Waals surface area (Å²) in [6.45, 7) is 2.72. The van der Waals surface area contributed by atoms with Gasteiger partial charge in [-0.25, -0.2) is 9.97 Å². The van der Waals surface area contributed by atoms with E-state index in [1.807, 2.05) is 0 Å². The van der Waals surface area contributed by atoms with Crippen molar-refractivity contribution in [1.29, 1.82) is 0 Å². The molecular formula is C10H15N3O2. The van der Waals surface area contributed by atoms with Gasteiger partial charge in [-0.15, -0.1) is 0 Å². The van der Waals surface area contributed by atoms with Crippen LogP contribution in [0.3, 0.4) is 0 Å². The largest absolute Gasteiger partial charge is 0.453 e. The third-order valence-electron chi connectivity index (χ3n) is 1.73. The first kappa shape index (κ1) is 11.4. The van der Waals surface area contributed by atoms with Crippen LogP contribution in [0.4, 0.5) is 0 Å². The molecule has 5 heteroatoms. The van der Waals surface area contributed by atoms with E-state index >= 15 is 0 Å². The number of carbonyl (C=O) groups is 1. The van der Waals surface area contributed by atoms with E-state index in [9.17, 15) is 4.79 Å². The molecule has 1 heterocycles. The van der Waals surface area contributed by atoms with Crippen LogP contribution in [0.25, 0.3) is 0 Å². The van der Waals surface area contributed by atoms with Crippen LogP contribution in [0, 0.1) is 0 Å². The average molecular weight is 209 g/mol. The van der Waals surface area contributed by atoms with Crippen molar-refractivity contribution in [3.05, 3.63) is 18.5 Å². The second-order valence-electron chi connectivity index (χ2n) is 3.02. The minimum atomic E-state index is -0.143. The summed E-state index contributed by atoms with van der Waals surface area (Å²) in [5, 5.41) is 2.73. The average Bonchev–Trinajstić information content (AvgIpc) is 2.28. The molecule has 0 aliphatic heterocycles. The summed E-state index contributed by atoms with van der Waals surface area (Å²) in [5.74, 6) is -0.143. The fourth-order valence-corrected chi connectivity index (χ4v) is 0.946. The molecule has 5 nitrogen and oxygen atoms in total. The second-order valence-corrected chi connectivity index (χ2v) is 3.02. The third kappa shape index (κ3) is 4.95. The molecule has 0 atom stereocenters. The highest BCUT2D eigenvalue weighted by Crippen LogP contribution is 1.96. The zero-order valence-corrected chi connectivity index (χ0v) is 8.77. The Kier molecular flexibility index (Phi) is 5.14. The highest BCUT2D eigenvalue weighted by Gasteiger charge is 2.02. The number of carbonyl (C=O) groups excluding carboxylic acids is 1. The van der Waals surface area contributed by atoms with Crippen LogP contribution in [-0.2, 0) is 4.79 Å². The van der Waals surface area contributed by atoms with Crippen LogP contribution in [-0.4, -0.2) is 29.0 Å². The van der Waals surface area contributed by atoms with E-state index in [2.05, 4.69) is 22.2 Å². The van der Waals surface area contributed by atoms with E-state index < -0.39 is 0 Å². The molecule has 82 valence electrons. The van der Waals surface area contributed by atoms with Crippen LogP contribution in [0.5, 0.6) is 6.01 Å². The lowest BCUT2D eigenvalue weighted by molar-refractivity contribution is -0.123. The highest BCUT2D eigenvalue weighted by atomic mass is 16.5. The maximum absolute atomic E-state index is 11.2. The SMILES string of the molecule is CCCCNC(=O)COc1ncccn1. The molecule has 1 amide bonds. The van der Waals surface area contributed by atoms with Crippen LogP contribution in [0.15, 0.2) is 18.5 Å². The Labute approximate surface area is 88.9 Å². The number of hydrogen-bond acceptors (Lipinski definition) is 4. The topological polar surface area (TPSA) is 64.1 Å². The van der Waals surface area contributed by atoms with Gasteiger partial charge in [-0.05, 0) is 12.5 Å². The lowest BCUT2D eigenvalue weighted by atomic mass is 10.3. The molecule has 1 rings (SSSR count). The van der Waals surface area contributed by atoms with Crippen molar-refractivity contribution in [1.82, 2.24) is 15.3 Å². The van der Waals surface area contributed by atoms with Crippen LogP contribution >= 0.6 is 0 Å². The lowest BCUT2D eigenvalue weighted by Crippen LogP contribution is -2.29. The second kappa shape index (κ2) is 6.75. The first-order valence-electron chi connectivity index (χ1n) is 4.99. The van der Waals surface area contributed by atoms with Crippen molar-refractivity contribution in [2.75, 3.05) is 13.2 Å². The van der Waals surface area contributed by atoms with Gasteiger partial charge in [0.15, 0.2) is 6.61 Å². The molecule has 0 radical (unpaired) electrons. The maximum Gasteiger partial charge on any atom is 0.316 e. The summed E-state index contributed by atoms with van der Waals surface area (Å²) in [5.41, 5.74) is 0. The van der Waals surface area contributed by atoms with Crippen molar-refractivity contribution in [2.45, 2.75) is 19.8 Å².